The first kappa shape index (κ1) is 16.4. The van der Waals surface area contributed by atoms with Crippen LogP contribution in [-0.4, -0.2) is 44.2 Å². The Morgan fingerprint density at radius 3 is 2.25 bits per heavy atom. The predicted octanol–water partition coefficient (Wildman–Crippen LogP) is 1.35. The number of ether oxygens (including phenoxy) is 4. The molecule has 0 radical (unpaired) electrons. The van der Waals surface area contributed by atoms with Crippen LogP contribution in [0.25, 0.3) is 0 Å². The molecule has 0 aromatic carbocycles. The molecule has 1 aliphatic heterocycles. The third kappa shape index (κ3) is 5.14. The van der Waals surface area contributed by atoms with Crippen LogP contribution >= 0.6 is 0 Å². The Morgan fingerprint density at radius 1 is 1.10 bits per heavy atom. The zero-order valence-electron chi connectivity index (χ0n) is 12.1. The molecular weight excluding hydrogens is 264 g/mol. The van der Waals surface area contributed by atoms with Crippen molar-refractivity contribution in [2.75, 3.05) is 14.2 Å². The number of methoxy groups -OCH3 is 2. The van der Waals surface area contributed by atoms with Gasteiger partial charge >= 0.3 is 11.9 Å². The van der Waals surface area contributed by atoms with E-state index >= 15 is 0 Å². The first-order chi connectivity index (χ1) is 9.38. The molecule has 2 atom stereocenters. The van der Waals surface area contributed by atoms with Gasteiger partial charge in [-0.1, -0.05) is 12.2 Å². The Bertz CT molecular complexity index is 410. The molecular formula is C14H20O6. The Morgan fingerprint density at radius 2 is 1.70 bits per heavy atom. The van der Waals surface area contributed by atoms with Crippen LogP contribution in [0.1, 0.15) is 20.3 Å². The Kier molecular flexibility index (Phi) is 5.91. The van der Waals surface area contributed by atoms with Crippen molar-refractivity contribution < 1.29 is 28.5 Å². The highest BCUT2D eigenvalue weighted by Crippen LogP contribution is 2.29. The highest BCUT2D eigenvalue weighted by molar-refractivity contribution is 5.81. The van der Waals surface area contributed by atoms with Gasteiger partial charge in [-0.3, -0.25) is 4.79 Å². The minimum absolute atomic E-state index is 0.157. The van der Waals surface area contributed by atoms with E-state index in [9.17, 15) is 9.59 Å². The standard InChI is InChI=1S/C14H20O6/c1-14(2)19-10(6-5-7-12(15)17-3)11(20-14)8-9-13(16)18-4/h5-6,8-11H,7H2,1-4H3/b6-5+,9-8+/t10-,11+/m1/s1. The number of rotatable bonds is 5. The van der Waals surface area contributed by atoms with Gasteiger partial charge in [0.25, 0.3) is 0 Å². The molecule has 6 nitrogen and oxygen atoms in total. The van der Waals surface area contributed by atoms with Gasteiger partial charge in [0.15, 0.2) is 5.79 Å². The second-order valence-electron chi connectivity index (χ2n) is 4.66. The van der Waals surface area contributed by atoms with E-state index in [1.165, 1.54) is 20.3 Å². The van der Waals surface area contributed by atoms with E-state index in [1.54, 1.807) is 32.1 Å². The summed E-state index contributed by atoms with van der Waals surface area (Å²) in [5.41, 5.74) is 0. The number of hydrogen-bond donors (Lipinski definition) is 0. The van der Waals surface area contributed by atoms with Crippen molar-refractivity contribution >= 4 is 11.9 Å². The maximum absolute atomic E-state index is 11.1. The summed E-state index contributed by atoms with van der Waals surface area (Å²) in [6, 6.07) is 0. The zero-order valence-corrected chi connectivity index (χ0v) is 12.1. The van der Waals surface area contributed by atoms with Crippen molar-refractivity contribution in [3.05, 3.63) is 24.3 Å². The molecule has 6 heteroatoms. The fourth-order valence-electron chi connectivity index (χ4n) is 1.74. The van der Waals surface area contributed by atoms with E-state index in [1.807, 2.05) is 0 Å². The number of esters is 2. The quantitative estimate of drug-likeness (QED) is 0.431. The molecule has 20 heavy (non-hydrogen) atoms. The number of hydrogen-bond acceptors (Lipinski definition) is 6. The molecule has 1 fully saturated rings. The van der Waals surface area contributed by atoms with Crippen LogP contribution in [0, 0.1) is 0 Å². The molecule has 0 amide bonds. The van der Waals surface area contributed by atoms with Crippen LogP contribution in [0.15, 0.2) is 24.3 Å². The molecule has 0 aromatic heterocycles. The highest BCUT2D eigenvalue weighted by Gasteiger charge is 2.38. The molecule has 0 unspecified atom stereocenters. The second kappa shape index (κ2) is 7.21. The van der Waals surface area contributed by atoms with Crippen LogP contribution in [0.4, 0.5) is 0 Å². The lowest BCUT2D eigenvalue weighted by Gasteiger charge is -2.15. The molecule has 1 saturated heterocycles. The van der Waals surface area contributed by atoms with Crippen molar-refractivity contribution in [2.24, 2.45) is 0 Å². The summed E-state index contributed by atoms with van der Waals surface area (Å²) in [6.07, 6.45) is 5.60. The molecule has 1 rings (SSSR count). The molecule has 0 spiro atoms. The van der Waals surface area contributed by atoms with Gasteiger partial charge in [-0.25, -0.2) is 4.79 Å². The summed E-state index contributed by atoms with van der Waals surface area (Å²) in [6.45, 7) is 3.56. The third-order valence-electron chi connectivity index (χ3n) is 2.62. The van der Waals surface area contributed by atoms with Gasteiger partial charge in [0.1, 0.15) is 12.2 Å². The van der Waals surface area contributed by atoms with Crippen molar-refractivity contribution in [2.45, 2.75) is 38.3 Å². The first-order valence-electron chi connectivity index (χ1n) is 6.23. The summed E-state index contributed by atoms with van der Waals surface area (Å²) in [5, 5.41) is 0. The first-order valence-corrected chi connectivity index (χ1v) is 6.23. The van der Waals surface area contributed by atoms with Gasteiger partial charge in [-0.15, -0.1) is 0 Å². The second-order valence-corrected chi connectivity index (χ2v) is 4.66. The maximum Gasteiger partial charge on any atom is 0.330 e. The van der Waals surface area contributed by atoms with E-state index in [2.05, 4.69) is 9.47 Å². The van der Waals surface area contributed by atoms with Crippen LogP contribution in [-0.2, 0) is 28.5 Å². The molecule has 1 aliphatic rings. The molecule has 0 aromatic rings. The van der Waals surface area contributed by atoms with Crippen molar-refractivity contribution in [3.63, 3.8) is 0 Å². The zero-order chi connectivity index (χ0) is 15.2. The Balaban J connectivity index is 2.67. The SMILES string of the molecule is COC(=O)/C=C/[C@@H]1OC(C)(C)O[C@@H]1/C=C/CC(=O)OC. The Labute approximate surface area is 118 Å². The molecule has 0 N–H and O–H groups in total. The van der Waals surface area contributed by atoms with Crippen molar-refractivity contribution in [1.29, 1.82) is 0 Å². The van der Waals surface area contributed by atoms with Crippen LogP contribution in [0.3, 0.4) is 0 Å². The summed E-state index contributed by atoms with van der Waals surface area (Å²) < 4.78 is 20.4. The van der Waals surface area contributed by atoms with Crippen molar-refractivity contribution in [3.8, 4) is 0 Å². The van der Waals surface area contributed by atoms with E-state index < -0.39 is 17.9 Å². The minimum Gasteiger partial charge on any atom is -0.469 e. The van der Waals surface area contributed by atoms with Crippen LogP contribution in [0.2, 0.25) is 0 Å². The topological polar surface area (TPSA) is 71.1 Å². The fourth-order valence-corrected chi connectivity index (χ4v) is 1.74. The number of carbonyl (C=O) groups excluding carboxylic acids is 2. The van der Waals surface area contributed by atoms with Gasteiger partial charge in [0.2, 0.25) is 0 Å². The normalized spacial score (nSPS) is 25.2. The fraction of sp³-hybridized carbons (Fsp3) is 0.571. The predicted molar refractivity (Wildman–Crippen MR) is 70.8 cm³/mol. The maximum atomic E-state index is 11.1. The molecule has 1 heterocycles. The van der Waals surface area contributed by atoms with E-state index in [-0.39, 0.29) is 18.5 Å². The summed E-state index contributed by atoms with van der Waals surface area (Å²) >= 11 is 0. The highest BCUT2D eigenvalue weighted by atomic mass is 16.7. The Hall–Kier alpha value is -1.66. The number of carbonyl (C=O) groups is 2. The van der Waals surface area contributed by atoms with Gasteiger partial charge < -0.3 is 18.9 Å². The molecule has 0 saturated carbocycles. The summed E-state index contributed by atoms with van der Waals surface area (Å²) in [4.78, 5) is 22.1. The largest absolute Gasteiger partial charge is 0.469 e. The van der Waals surface area contributed by atoms with Crippen LogP contribution in [0.5, 0.6) is 0 Å². The van der Waals surface area contributed by atoms with Crippen molar-refractivity contribution in [1.82, 2.24) is 0 Å². The average molecular weight is 284 g/mol. The lowest BCUT2D eigenvalue weighted by molar-refractivity contribution is -0.140. The van der Waals surface area contributed by atoms with E-state index in [4.69, 9.17) is 9.47 Å². The van der Waals surface area contributed by atoms with Gasteiger partial charge in [0.05, 0.1) is 20.6 Å². The lowest BCUT2D eigenvalue weighted by atomic mass is 10.1. The lowest BCUT2D eigenvalue weighted by Crippen LogP contribution is -2.20. The monoisotopic (exact) mass is 284 g/mol. The van der Waals surface area contributed by atoms with E-state index in [0.717, 1.165) is 0 Å². The van der Waals surface area contributed by atoms with Crippen LogP contribution < -0.4 is 0 Å². The van der Waals surface area contributed by atoms with Gasteiger partial charge in [-0.05, 0) is 19.9 Å². The smallest absolute Gasteiger partial charge is 0.330 e. The molecule has 0 aliphatic carbocycles. The van der Waals surface area contributed by atoms with Gasteiger partial charge in [0, 0.05) is 6.08 Å². The molecule has 112 valence electrons. The summed E-state index contributed by atoms with van der Waals surface area (Å²) in [5.74, 6) is -1.55. The van der Waals surface area contributed by atoms with Gasteiger partial charge in [-0.2, -0.15) is 0 Å². The molecule has 0 bridgehead atoms. The van der Waals surface area contributed by atoms with E-state index in [0.29, 0.717) is 0 Å². The minimum atomic E-state index is -0.759. The summed E-state index contributed by atoms with van der Waals surface area (Å²) in [7, 11) is 2.63. The average Bonchev–Trinajstić information content (AvgIpc) is 2.70. The third-order valence-corrected chi connectivity index (χ3v) is 2.62.